The summed E-state index contributed by atoms with van der Waals surface area (Å²) >= 11 is 0. The van der Waals surface area contributed by atoms with Gasteiger partial charge in [0.1, 0.15) is 0 Å². The summed E-state index contributed by atoms with van der Waals surface area (Å²) in [7, 11) is 0. The lowest BCUT2D eigenvalue weighted by atomic mass is 10.0. The molecular weight excluding hydrogens is 276 g/mol. The van der Waals surface area contributed by atoms with Gasteiger partial charge in [-0.15, -0.1) is 0 Å². The topological polar surface area (TPSA) is 80.9 Å². The largest absolute Gasteiger partial charge is 0.382 e. The van der Waals surface area contributed by atoms with Crippen LogP contribution in [0.15, 0.2) is 67.0 Å². The average molecular weight is 290 g/mol. The third kappa shape index (κ3) is 2.78. The monoisotopic (exact) mass is 290 g/mol. The van der Waals surface area contributed by atoms with Crippen molar-refractivity contribution in [2.45, 2.75) is 0 Å². The highest BCUT2D eigenvalue weighted by Gasteiger charge is 2.14. The van der Waals surface area contributed by atoms with E-state index in [0.29, 0.717) is 5.69 Å². The molecule has 3 aromatic rings. The van der Waals surface area contributed by atoms with E-state index in [2.05, 4.69) is 15.3 Å². The standard InChI is InChI=1S/C17H14N4O/c18-16-15(19-10-11-20-16)17(22)21-14-9-5-4-8-13(14)12-6-2-1-3-7-12/h1-11H,(H2,18,20)(H,21,22). The first-order valence-corrected chi connectivity index (χ1v) is 6.78. The summed E-state index contributed by atoms with van der Waals surface area (Å²) in [6.45, 7) is 0. The number of benzene rings is 2. The summed E-state index contributed by atoms with van der Waals surface area (Å²) in [5.74, 6) is -0.272. The molecule has 0 aliphatic carbocycles. The van der Waals surface area contributed by atoms with Gasteiger partial charge in [0, 0.05) is 23.6 Å². The normalized spacial score (nSPS) is 10.2. The lowest BCUT2D eigenvalue weighted by Crippen LogP contribution is -2.17. The van der Waals surface area contributed by atoms with Crippen LogP contribution in [0.1, 0.15) is 10.5 Å². The van der Waals surface area contributed by atoms with Gasteiger partial charge in [0.25, 0.3) is 5.91 Å². The second kappa shape index (κ2) is 6.05. The van der Waals surface area contributed by atoms with Gasteiger partial charge in [0.15, 0.2) is 11.5 Å². The lowest BCUT2D eigenvalue weighted by molar-refractivity contribution is 0.102. The zero-order valence-electron chi connectivity index (χ0n) is 11.7. The number of nitrogens with one attached hydrogen (secondary N) is 1. The van der Waals surface area contributed by atoms with Crippen LogP contribution in [0.3, 0.4) is 0 Å². The Kier molecular flexibility index (Phi) is 3.78. The minimum Gasteiger partial charge on any atom is -0.382 e. The zero-order valence-corrected chi connectivity index (χ0v) is 11.7. The molecule has 0 bridgehead atoms. The third-order valence-electron chi connectivity index (χ3n) is 3.20. The van der Waals surface area contributed by atoms with Crippen molar-refractivity contribution >= 4 is 17.4 Å². The van der Waals surface area contributed by atoms with Crippen LogP contribution in [0.2, 0.25) is 0 Å². The average Bonchev–Trinajstić information content (AvgIpc) is 2.56. The number of carbonyl (C=O) groups is 1. The molecule has 22 heavy (non-hydrogen) atoms. The van der Waals surface area contributed by atoms with E-state index in [1.165, 1.54) is 12.4 Å². The molecule has 0 aliphatic heterocycles. The quantitative estimate of drug-likeness (QED) is 0.777. The van der Waals surface area contributed by atoms with Gasteiger partial charge in [-0.2, -0.15) is 0 Å². The fourth-order valence-electron chi connectivity index (χ4n) is 2.17. The molecule has 0 atom stereocenters. The summed E-state index contributed by atoms with van der Waals surface area (Å²) in [6.07, 6.45) is 2.89. The van der Waals surface area contributed by atoms with Crippen molar-refractivity contribution in [2.24, 2.45) is 0 Å². The molecule has 108 valence electrons. The van der Waals surface area contributed by atoms with Gasteiger partial charge >= 0.3 is 0 Å². The molecule has 5 nitrogen and oxygen atoms in total. The maximum Gasteiger partial charge on any atom is 0.278 e. The summed E-state index contributed by atoms with van der Waals surface area (Å²) < 4.78 is 0. The Morgan fingerprint density at radius 3 is 2.36 bits per heavy atom. The number of carbonyl (C=O) groups excluding carboxylic acids is 1. The van der Waals surface area contributed by atoms with Crippen molar-refractivity contribution < 1.29 is 4.79 Å². The Bertz CT molecular complexity index is 803. The molecule has 0 unspecified atom stereocenters. The lowest BCUT2D eigenvalue weighted by Gasteiger charge is -2.11. The van der Waals surface area contributed by atoms with Gasteiger partial charge in [0.2, 0.25) is 0 Å². The number of aromatic nitrogens is 2. The van der Waals surface area contributed by atoms with Gasteiger partial charge in [0.05, 0.1) is 0 Å². The Labute approximate surface area is 127 Å². The van der Waals surface area contributed by atoms with E-state index in [1.807, 2.05) is 54.6 Å². The Hall–Kier alpha value is -3.21. The minimum atomic E-state index is -0.381. The molecule has 1 heterocycles. The van der Waals surface area contributed by atoms with E-state index in [0.717, 1.165) is 11.1 Å². The molecule has 0 spiro atoms. The van der Waals surface area contributed by atoms with Crippen LogP contribution in [0, 0.1) is 0 Å². The number of nitrogen functional groups attached to an aromatic ring is 1. The number of nitrogens with two attached hydrogens (primary N) is 1. The number of amides is 1. The van der Waals surface area contributed by atoms with Crippen LogP contribution in [0.5, 0.6) is 0 Å². The number of hydrogen-bond donors (Lipinski definition) is 2. The van der Waals surface area contributed by atoms with Crippen LogP contribution in [0.25, 0.3) is 11.1 Å². The van der Waals surface area contributed by atoms with E-state index >= 15 is 0 Å². The van der Waals surface area contributed by atoms with Crippen molar-refractivity contribution in [1.29, 1.82) is 0 Å². The third-order valence-corrected chi connectivity index (χ3v) is 3.20. The van der Waals surface area contributed by atoms with Crippen LogP contribution >= 0.6 is 0 Å². The van der Waals surface area contributed by atoms with Crippen molar-refractivity contribution in [3.8, 4) is 11.1 Å². The molecule has 1 amide bonds. The van der Waals surface area contributed by atoms with E-state index in [1.54, 1.807) is 0 Å². The molecule has 0 saturated carbocycles. The first kappa shape index (κ1) is 13.8. The number of nitrogens with zero attached hydrogens (tertiary/aromatic N) is 2. The van der Waals surface area contributed by atoms with Gasteiger partial charge in [-0.05, 0) is 11.6 Å². The number of rotatable bonds is 3. The summed E-state index contributed by atoms with van der Waals surface area (Å²) in [4.78, 5) is 20.2. The molecule has 5 heteroatoms. The fourth-order valence-corrected chi connectivity index (χ4v) is 2.17. The summed E-state index contributed by atoms with van der Waals surface area (Å²) in [5.41, 5.74) is 8.45. The molecule has 3 N–H and O–H groups in total. The van der Waals surface area contributed by atoms with Gasteiger partial charge in [-0.25, -0.2) is 9.97 Å². The first-order chi connectivity index (χ1) is 10.8. The Balaban J connectivity index is 1.94. The molecule has 2 aromatic carbocycles. The van der Waals surface area contributed by atoms with Gasteiger partial charge in [-0.1, -0.05) is 48.5 Å². The van der Waals surface area contributed by atoms with Crippen molar-refractivity contribution in [3.05, 3.63) is 72.7 Å². The number of hydrogen-bond acceptors (Lipinski definition) is 4. The highest BCUT2D eigenvalue weighted by molar-refractivity contribution is 6.07. The highest BCUT2D eigenvalue weighted by Crippen LogP contribution is 2.27. The fraction of sp³-hybridized carbons (Fsp3) is 0. The summed E-state index contributed by atoms with van der Waals surface area (Å²) in [5, 5.41) is 2.84. The maximum atomic E-state index is 12.3. The van der Waals surface area contributed by atoms with E-state index in [4.69, 9.17) is 5.73 Å². The first-order valence-electron chi connectivity index (χ1n) is 6.78. The van der Waals surface area contributed by atoms with Gasteiger partial charge in [-0.3, -0.25) is 4.79 Å². The molecule has 0 saturated heterocycles. The molecule has 0 radical (unpaired) electrons. The van der Waals surface area contributed by atoms with Crippen LogP contribution in [0.4, 0.5) is 11.5 Å². The Morgan fingerprint density at radius 1 is 0.909 bits per heavy atom. The summed E-state index contributed by atoms with van der Waals surface area (Å²) in [6, 6.07) is 17.4. The predicted octanol–water partition coefficient (Wildman–Crippen LogP) is 2.98. The van der Waals surface area contributed by atoms with Crippen LogP contribution in [-0.4, -0.2) is 15.9 Å². The minimum absolute atomic E-state index is 0.109. The Morgan fingerprint density at radius 2 is 1.59 bits per heavy atom. The zero-order chi connectivity index (χ0) is 15.4. The maximum absolute atomic E-state index is 12.3. The second-order valence-corrected chi connectivity index (χ2v) is 4.66. The predicted molar refractivity (Wildman–Crippen MR) is 86.3 cm³/mol. The van der Waals surface area contributed by atoms with Crippen molar-refractivity contribution in [3.63, 3.8) is 0 Å². The molecular formula is C17H14N4O. The second-order valence-electron chi connectivity index (χ2n) is 4.66. The number of anilines is 2. The number of para-hydroxylation sites is 1. The molecule has 0 fully saturated rings. The van der Waals surface area contributed by atoms with E-state index in [9.17, 15) is 4.79 Å². The van der Waals surface area contributed by atoms with Crippen molar-refractivity contribution in [2.75, 3.05) is 11.1 Å². The molecule has 3 rings (SSSR count). The molecule has 0 aliphatic rings. The van der Waals surface area contributed by atoms with Gasteiger partial charge < -0.3 is 11.1 Å². The van der Waals surface area contributed by atoms with E-state index in [-0.39, 0.29) is 17.4 Å². The highest BCUT2D eigenvalue weighted by atomic mass is 16.1. The smallest absolute Gasteiger partial charge is 0.278 e. The SMILES string of the molecule is Nc1nccnc1C(=O)Nc1ccccc1-c1ccccc1. The van der Waals surface area contributed by atoms with E-state index < -0.39 is 0 Å². The van der Waals surface area contributed by atoms with Crippen LogP contribution < -0.4 is 11.1 Å². The van der Waals surface area contributed by atoms with Crippen LogP contribution in [-0.2, 0) is 0 Å². The van der Waals surface area contributed by atoms with Crippen molar-refractivity contribution in [1.82, 2.24) is 9.97 Å². The molecule has 1 aromatic heterocycles.